The van der Waals surface area contributed by atoms with Gasteiger partial charge in [-0.2, -0.15) is 0 Å². The van der Waals surface area contributed by atoms with Crippen LogP contribution in [0.3, 0.4) is 0 Å². The van der Waals surface area contributed by atoms with Crippen molar-refractivity contribution in [2.45, 2.75) is 26.0 Å². The number of rotatable bonds is 5. The van der Waals surface area contributed by atoms with Crippen LogP contribution in [-0.4, -0.2) is 21.8 Å². The molecule has 0 aliphatic heterocycles. The molecule has 0 aliphatic rings. The molecule has 1 atom stereocenters. The summed E-state index contributed by atoms with van der Waals surface area (Å²) in [5, 5.41) is 10.4. The highest BCUT2D eigenvalue weighted by Crippen LogP contribution is 2.30. The van der Waals surface area contributed by atoms with Crippen LogP contribution in [0.5, 0.6) is 5.75 Å². The summed E-state index contributed by atoms with van der Waals surface area (Å²) in [4.78, 5) is 4.03. The summed E-state index contributed by atoms with van der Waals surface area (Å²) in [7, 11) is 1.49. The van der Waals surface area contributed by atoms with Gasteiger partial charge in [0.1, 0.15) is 17.7 Å². The first-order chi connectivity index (χ1) is 9.17. The Labute approximate surface area is 111 Å². The summed E-state index contributed by atoms with van der Waals surface area (Å²) in [6, 6.07) is 4.10. The normalized spacial score (nSPS) is 12.4. The van der Waals surface area contributed by atoms with Gasteiger partial charge in [-0.15, -0.1) is 0 Å². The van der Waals surface area contributed by atoms with Gasteiger partial charge < -0.3 is 14.4 Å². The molecule has 5 heteroatoms. The van der Waals surface area contributed by atoms with Crippen LogP contribution in [0.15, 0.2) is 30.7 Å². The third-order valence-corrected chi connectivity index (χ3v) is 2.98. The number of aromatic nitrogens is 2. The van der Waals surface area contributed by atoms with Crippen LogP contribution in [0.25, 0.3) is 0 Å². The predicted molar refractivity (Wildman–Crippen MR) is 69.5 cm³/mol. The summed E-state index contributed by atoms with van der Waals surface area (Å²) in [5.74, 6) is 0.0505. The fourth-order valence-electron chi connectivity index (χ4n) is 2.06. The number of hydrogen-bond donors (Lipinski definition) is 1. The number of ether oxygens (including phenoxy) is 1. The van der Waals surface area contributed by atoms with E-state index < -0.39 is 11.9 Å². The van der Waals surface area contributed by atoms with E-state index in [4.69, 9.17) is 4.74 Å². The number of aliphatic hydroxyl groups is 1. The fraction of sp³-hybridized carbons (Fsp3) is 0.357. The van der Waals surface area contributed by atoms with Crippen molar-refractivity contribution in [2.75, 3.05) is 7.11 Å². The van der Waals surface area contributed by atoms with Crippen LogP contribution in [0.2, 0.25) is 0 Å². The zero-order valence-corrected chi connectivity index (χ0v) is 11.0. The molecule has 1 unspecified atom stereocenters. The standard InChI is InChI=1S/C14H17FN2O2/c1-3-6-17-9-16-8-12(17)14(18)11-7-10(15)4-5-13(11)19-2/h4-5,7-9,14,18H,3,6H2,1-2H3. The van der Waals surface area contributed by atoms with Gasteiger partial charge in [-0.3, -0.25) is 0 Å². The van der Waals surface area contributed by atoms with E-state index in [2.05, 4.69) is 4.98 Å². The number of halogens is 1. The van der Waals surface area contributed by atoms with Crippen LogP contribution >= 0.6 is 0 Å². The van der Waals surface area contributed by atoms with Gasteiger partial charge in [0.25, 0.3) is 0 Å². The number of aryl methyl sites for hydroxylation is 1. The van der Waals surface area contributed by atoms with E-state index in [1.807, 2.05) is 11.5 Å². The van der Waals surface area contributed by atoms with E-state index in [1.54, 1.807) is 12.5 Å². The molecule has 2 rings (SSSR count). The molecule has 0 saturated heterocycles. The second-order valence-corrected chi connectivity index (χ2v) is 4.30. The average molecular weight is 264 g/mol. The average Bonchev–Trinajstić information content (AvgIpc) is 2.86. The molecule has 0 spiro atoms. The molecular weight excluding hydrogens is 247 g/mol. The van der Waals surface area contributed by atoms with Gasteiger partial charge in [-0.1, -0.05) is 6.92 Å². The molecule has 1 N–H and O–H groups in total. The van der Waals surface area contributed by atoms with Gasteiger partial charge in [0.05, 0.1) is 25.3 Å². The number of hydrogen-bond acceptors (Lipinski definition) is 3. The maximum absolute atomic E-state index is 13.3. The fourth-order valence-corrected chi connectivity index (χ4v) is 2.06. The molecule has 1 aromatic carbocycles. The lowest BCUT2D eigenvalue weighted by Gasteiger charge is -2.16. The van der Waals surface area contributed by atoms with Crippen molar-refractivity contribution in [3.8, 4) is 5.75 Å². The molecule has 0 aliphatic carbocycles. The topological polar surface area (TPSA) is 47.3 Å². The highest BCUT2D eigenvalue weighted by atomic mass is 19.1. The Bertz CT molecular complexity index is 554. The molecule has 1 aromatic heterocycles. The molecule has 0 fully saturated rings. The van der Waals surface area contributed by atoms with Gasteiger partial charge in [0, 0.05) is 12.1 Å². The van der Waals surface area contributed by atoms with E-state index in [1.165, 1.54) is 25.3 Å². The highest BCUT2D eigenvalue weighted by Gasteiger charge is 2.19. The van der Waals surface area contributed by atoms with E-state index >= 15 is 0 Å². The Morgan fingerprint density at radius 2 is 2.26 bits per heavy atom. The molecule has 0 radical (unpaired) electrons. The van der Waals surface area contributed by atoms with Crippen molar-refractivity contribution in [1.29, 1.82) is 0 Å². The summed E-state index contributed by atoms with van der Waals surface area (Å²) in [6.45, 7) is 2.79. The lowest BCUT2D eigenvalue weighted by molar-refractivity contribution is 0.204. The molecule has 19 heavy (non-hydrogen) atoms. The van der Waals surface area contributed by atoms with Crippen LogP contribution in [-0.2, 0) is 6.54 Å². The van der Waals surface area contributed by atoms with Gasteiger partial charge >= 0.3 is 0 Å². The number of benzene rings is 1. The first-order valence-corrected chi connectivity index (χ1v) is 6.19. The van der Waals surface area contributed by atoms with E-state index in [0.29, 0.717) is 17.0 Å². The molecular formula is C14H17FN2O2. The molecule has 0 saturated carbocycles. The molecule has 0 bridgehead atoms. The monoisotopic (exact) mass is 264 g/mol. The molecule has 4 nitrogen and oxygen atoms in total. The van der Waals surface area contributed by atoms with Crippen molar-refractivity contribution >= 4 is 0 Å². The molecule has 0 amide bonds. The van der Waals surface area contributed by atoms with Crippen molar-refractivity contribution in [3.63, 3.8) is 0 Å². The van der Waals surface area contributed by atoms with Crippen LogP contribution < -0.4 is 4.74 Å². The van der Waals surface area contributed by atoms with Gasteiger partial charge in [-0.25, -0.2) is 9.37 Å². The number of aliphatic hydroxyl groups excluding tert-OH is 1. The minimum atomic E-state index is -0.959. The summed E-state index contributed by atoms with van der Waals surface area (Å²) >= 11 is 0. The largest absolute Gasteiger partial charge is 0.496 e. The maximum atomic E-state index is 13.3. The summed E-state index contributed by atoms with van der Waals surface area (Å²) in [5.41, 5.74) is 1.03. The maximum Gasteiger partial charge on any atom is 0.125 e. The predicted octanol–water partition coefficient (Wildman–Crippen LogP) is 2.52. The van der Waals surface area contributed by atoms with Crippen molar-refractivity contribution < 1.29 is 14.2 Å². The Morgan fingerprint density at radius 1 is 1.47 bits per heavy atom. The van der Waals surface area contributed by atoms with Gasteiger partial charge in [0.2, 0.25) is 0 Å². The van der Waals surface area contributed by atoms with E-state index in [0.717, 1.165) is 13.0 Å². The minimum absolute atomic E-state index is 0.403. The molecule has 1 heterocycles. The van der Waals surface area contributed by atoms with E-state index in [-0.39, 0.29) is 0 Å². The highest BCUT2D eigenvalue weighted by molar-refractivity contribution is 5.39. The molecule has 102 valence electrons. The van der Waals surface area contributed by atoms with Crippen molar-refractivity contribution in [3.05, 3.63) is 47.8 Å². The number of imidazole rings is 1. The third kappa shape index (κ3) is 2.76. The zero-order valence-electron chi connectivity index (χ0n) is 11.0. The first kappa shape index (κ1) is 13.5. The second-order valence-electron chi connectivity index (χ2n) is 4.30. The van der Waals surface area contributed by atoms with Crippen molar-refractivity contribution in [1.82, 2.24) is 9.55 Å². The lowest BCUT2D eigenvalue weighted by Crippen LogP contribution is -2.09. The van der Waals surface area contributed by atoms with E-state index in [9.17, 15) is 9.50 Å². The number of methoxy groups -OCH3 is 1. The summed E-state index contributed by atoms with van der Waals surface area (Å²) < 4.78 is 20.4. The smallest absolute Gasteiger partial charge is 0.125 e. The zero-order chi connectivity index (χ0) is 13.8. The first-order valence-electron chi connectivity index (χ1n) is 6.19. The lowest BCUT2D eigenvalue weighted by atomic mass is 10.1. The Morgan fingerprint density at radius 3 is 2.95 bits per heavy atom. The van der Waals surface area contributed by atoms with Crippen molar-refractivity contribution in [2.24, 2.45) is 0 Å². The SMILES string of the molecule is CCCn1cncc1C(O)c1cc(F)ccc1OC. The Kier molecular flexibility index (Phi) is 4.16. The third-order valence-electron chi connectivity index (χ3n) is 2.98. The van der Waals surface area contributed by atoms with Crippen LogP contribution in [0.4, 0.5) is 4.39 Å². The Balaban J connectivity index is 2.40. The summed E-state index contributed by atoms with van der Waals surface area (Å²) in [6.07, 6.45) is 3.22. The van der Waals surface area contributed by atoms with Crippen LogP contribution in [0, 0.1) is 5.82 Å². The van der Waals surface area contributed by atoms with Gasteiger partial charge in [-0.05, 0) is 24.6 Å². The quantitative estimate of drug-likeness (QED) is 0.902. The Hall–Kier alpha value is -1.88. The second kappa shape index (κ2) is 5.84. The van der Waals surface area contributed by atoms with Gasteiger partial charge in [0.15, 0.2) is 0 Å². The molecule has 2 aromatic rings. The van der Waals surface area contributed by atoms with Crippen LogP contribution in [0.1, 0.15) is 30.7 Å². The minimum Gasteiger partial charge on any atom is -0.496 e. The number of nitrogens with zero attached hydrogens (tertiary/aromatic N) is 2.